The minimum Gasteiger partial charge on any atom is -0.480 e. The van der Waals surface area contributed by atoms with Crippen molar-refractivity contribution in [3.63, 3.8) is 0 Å². The van der Waals surface area contributed by atoms with Crippen LogP contribution in [0, 0.1) is 11.6 Å². The third kappa shape index (κ3) is 4.25. The van der Waals surface area contributed by atoms with E-state index in [9.17, 15) is 13.6 Å². The lowest BCUT2D eigenvalue weighted by Crippen LogP contribution is -2.34. The fourth-order valence-corrected chi connectivity index (χ4v) is 2.42. The maximum absolute atomic E-state index is 13.6. The summed E-state index contributed by atoms with van der Waals surface area (Å²) in [6, 6.07) is 3.61. The van der Waals surface area contributed by atoms with Gasteiger partial charge in [0.2, 0.25) is 0 Å². The van der Waals surface area contributed by atoms with Crippen LogP contribution in [0.25, 0.3) is 0 Å². The summed E-state index contributed by atoms with van der Waals surface area (Å²) in [5, 5.41) is 8.78. The normalized spacial score (nSPS) is 17.9. The molecule has 1 N–H and O–H groups in total. The van der Waals surface area contributed by atoms with E-state index in [2.05, 4.69) is 4.90 Å². The lowest BCUT2D eigenvalue weighted by atomic mass is 10.2. The van der Waals surface area contributed by atoms with Crippen LogP contribution in [0.4, 0.5) is 8.78 Å². The second kappa shape index (κ2) is 6.76. The maximum Gasteiger partial charge on any atom is 0.317 e. The van der Waals surface area contributed by atoms with E-state index in [4.69, 9.17) is 5.11 Å². The Labute approximate surface area is 116 Å². The van der Waals surface area contributed by atoms with Gasteiger partial charge in [0.1, 0.15) is 11.6 Å². The van der Waals surface area contributed by atoms with Crippen LogP contribution in [0.2, 0.25) is 0 Å². The molecular weight excluding hydrogens is 266 g/mol. The molecule has 4 nitrogen and oxygen atoms in total. The minimum atomic E-state index is -0.831. The van der Waals surface area contributed by atoms with Gasteiger partial charge in [-0.3, -0.25) is 14.6 Å². The molecule has 0 amide bonds. The number of carbonyl (C=O) groups is 1. The SMILES string of the molecule is O=C(O)CN1CCCN(Cc2ccc(F)cc2F)CC1. The molecule has 1 aliphatic rings. The smallest absolute Gasteiger partial charge is 0.317 e. The molecule has 1 aliphatic heterocycles. The Morgan fingerprint density at radius 1 is 1.15 bits per heavy atom. The first-order valence-electron chi connectivity index (χ1n) is 6.65. The Kier molecular flexibility index (Phi) is 5.03. The number of aliphatic carboxylic acids is 1. The van der Waals surface area contributed by atoms with Crippen LogP contribution in [0.15, 0.2) is 18.2 Å². The van der Waals surface area contributed by atoms with Crippen molar-refractivity contribution >= 4 is 5.97 Å². The lowest BCUT2D eigenvalue weighted by Gasteiger charge is -2.21. The summed E-state index contributed by atoms with van der Waals surface area (Å²) in [6.07, 6.45) is 0.843. The molecule has 0 spiro atoms. The van der Waals surface area contributed by atoms with Crippen LogP contribution < -0.4 is 0 Å². The molecule has 1 heterocycles. The molecule has 2 rings (SSSR count). The van der Waals surface area contributed by atoms with Crippen molar-refractivity contribution in [1.29, 1.82) is 0 Å². The molecule has 6 heteroatoms. The van der Waals surface area contributed by atoms with Gasteiger partial charge in [0.05, 0.1) is 6.54 Å². The molecule has 0 bridgehead atoms. The summed E-state index contributed by atoms with van der Waals surface area (Å²) >= 11 is 0. The Balaban J connectivity index is 1.92. The van der Waals surface area contributed by atoms with Crippen molar-refractivity contribution in [2.75, 3.05) is 32.7 Å². The number of carboxylic acid groups (broad SMARTS) is 1. The Bertz CT molecular complexity index is 482. The highest BCUT2D eigenvalue weighted by molar-refractivity contribution is 5.69. The summed E-state index contributed by atoms with van der Waals surface area (Å²) in [5.41, 5.74) is 0.470. The quantitative estimate of drug-likeness (QED) is 0.911. The number of hydrogen-bond donors (Lipinski definition) is 1. The summed E-state index contributed by atoms with van der Waals surface area (Å²) in [6.45, 7) is 3.31. The first-order chi connectivity index (χ1) is 9.54. The van der Waals surface area contributed by atoms with Crippen molar-refractivity contribution in [1.82, 2.24) is 9.80 Å². The van der Waals surface area contributed by atoms with Crippen LogP contribution in [0.5, 0.6) is 0 Å². The summed E-state index contributed by atoms with van der Waals surface area (Å²) in [7, 11) is 0. The minimum absolute atomic E-state index is 0.0404. The highest BCUT2D eigenvalue weighted by Crippen LogP contribution is 2.13. The van der Waals surface area contributed by atoms with Gasteiger partial charge < -0.3 is 5.11 Å². The Hall–Kier alpha value is -1.53. The molecule has 1 aromatic rings. The molecule has 0 unspecified atom stereocenters. The van der Waals surface area contributed by atoms with Gasteiger partial charge in [-0.05, 0) is 19.0 Å². The van der Waals surface area contributed by atoms with Crippen LogP contribution in [0.1, 0.15) is 12.0 Å². The van der Waals surface area contributed by atoms with Gasteiger partial charge in [0, 0.05) is 37.8 Å². The van der Waals surface area contributed by atoms with E-state index in [1.807, 2.05) is 4.90 Å². The van der Waals surface area contributed by atoms with E-state index < -0.39 is 17.6 Å². The summed E-state index contributed by atoms with van der Waals surface area (Å²) < 4.78 is 26.4. The van der Waals surface area contributed by atoms with Crippen LogP contribution in [-0.2, 0) is 11.3 Å². The predicted octanol–water partition coefficient (Wildman–Crippen LogP) is 1.56. The Morgan fingerprint density at radius 3 is 2.55 bits per heavy atom. The third-order valence-corrected chi connectivity index (χ3v) is 3.45. The average molecular weight is 284 g/mol. The van der Waals surface area contributed by atoms with Gasteiger partial charge in [0.25, 0.3) is 0 Å². The zero-order valence-corrected chi connectivity index (χ0v) is 11.2. The number of benzene rings is 1. The van der Waals surface area contributed by atoms with E-state index in [1.54, 1.807) is 0 Å². The van der Waals surface area contributed by atoms with Crippen molar-refractivity contribution in [2.24, 2.45) is 0 Å². The number of carboxylic acids is 1. The van der Waals surface area contributed by atoms with Crippen LogP contribution in [-0.4, -0.2) is 53.6 Å². The van der Waals surface area contributed by atoms with Gasteiger partial charge in [-0.25, -0.2) is 8.78 Å². The highest BCUT2D eigenvalue weighted by atomic mass is 19.1. The van der Waals surface area contributed by atoms with E-state index in [0.29, 0.717) is 25.2 Å². The second-order valence-corrected chi connectivity index (χ2v) is 5.04. The van der Waals surface area contributed by atoms with Crippen LogP contribution >= 0.6 is 0 Å². The standard InChI is InChI=1S/C14H18F2N2O2/c15-12-3-2-11(13(16)8-12)9-17-4-1-5-18(7-6-17)10-14(19)20/h2-3,8H,1,4-7,9-10H2,(H,19,20). The molecule has 20 heavy (non-hydrogen) atoms. The molecule has 0 aromatic heterocycles. The van der Waals surface area contributed by atoms with E-state index >= 15 is 0 Å². The number of halogens is 2. The second-order valence-electron chi connectivity index (χ2n) is 5.04. The average Bonchev–Trinajstić information content (AvgIpc) is 2.58. The van der Waals surface area contributed by atoms with Crippen molar-refractivity contribution in [3.05, 3.63) is 35.4 Å². The number of nitrogens with zero attached hydrogens (tertiary/aromatic N) is 2. The van der Waals surface area contributed by atoms with Gasteiger partial charge in [0.15, 0.2) is 0 Å². The number of rotatable bonds is 4. The maximum atomic E-state index is 13.6. The van der Waals surface area contributed by atoms with Crippen molar-refractivity contribution < 1.29 is 18.7 Å². The van der Waals surface area contributed by atoms with Gasteiger partial charge in [-0.15, -0.1) is 0 Å². The topological polar surface area (TPSA) is 43.8 Å². The first-order valence-corrected chi connectivity index (χ1v) is 6.65. The molecule has 0 radical (unpaired) electrons. The van der Waals surface area contributed by atoms with Gasteiger partial charge in [-0.2, -0.15) is 0 Å². The fourth-order valence-electron chi connectivity index (χ4n) is 2.42. The van der Waals surface area contributed by atoms with Crippen LogP contribution in [0.3, 0.4) is 0 Å². The van der Waals surface area contributed by atoms with Gasteiger partial charge in [-0.1, -0.05) is 6.07 Å². The summed E-state index contributed by atoms with van der Waals surface area (Å²) in [5.74, 6) is -1.94. The first kappa shape index (κ1) is 14.9. The zero-order valence-electron chi connectivity index (χ0n) is 11.2. The third-order valence-electron chi connectivity index (χ3n) is 3.45. The lowest BCUT2D eigenvalue weighted by molar-refractivity contribution is -0.138. The van der Waals surface area contributed by atoms with E-state index in [1.165, 1.54) is 12.1 Å². The predicted molar refractivity (Wildman–Crippen MR) is 70.3 cm³/mol. The molecule has 1 saturated heterocycles. The summed E-state index contributed by atoms with van der Waals surface area (Å²) in [4.78, 5) is 14.6. The molecule has 1 fully saturated rings. The molecule has 110 valence electrons. The van der Waals surface area contributed by atoms with E-state index in [-0.39, 0.29) is 6.54 Å². The monoisotopic (exact) mass is 284 g/mol. The van der Waals surface area contributed by atoms with Crippen molar-refractivity contribution in [2.45, 2.75) is 13.0 Å². The highest BCUT2D eigenvalue weighted by Gasteiger charge is 2.17. The van der Waals surface area contributed by atoms with E-state index in [0.717, 1.165) is 25.6 Å². The molecular formula is C14H18F2N2O2. The van der Waals surface area contributed by atoms with Crippen molar-refractivity contribution in [3.8, 4) is 0 Å². The largest absolute Gasteiger partial charge is 0.480 e. The molecule has 0 aliphatic carbocycles. The molecule has 0 saturated carbocycles. The van der Waals surface area contributed by atoms with Gasteiger partial charge >= 0.3 is 5.97 Å². The zero-order chi connectivity index (χ0) is 14.5. The molecule has 0 atom stereocenters. The fraction of sp³-hybridized carbons (Fsp3) is 0.500. The molecule has 1 aromatic carbocycles. The number of hydrogen-bond acceptors (Lipinski definition) is 3. The Morgan fingerprint density at radius 2 is 1.85 bits per heavy atom.